The van der Waals surface area contributed by atoms with Crippen molar-refractivity contribution < 1.29 is 9.18 Å². The summed E-state index contributed by atoms with van der Waals surface area (Å²) in [6, 6.07) is 9.85. The highest BCUT2D eigenvalue weighted by atomic mass is 19.1. The fourth-order valence-electron chi connectivity index (χ4n) is 2.36. The van der Waals surface area contributed by atoms with E-state index in [9.17, 15) is 9.18 Å². The van der Waals surface area contributed by atoms with Gasteiger partial charge in [0.15, 0.2) is 5.78 Å². The number of nitrogens with one attached hydrogen (secondary N) is 1. The molecular weight excluding hydrogens is 255 g/mol. The van der Waals surface area contributed by atoms with Crippen molar-refractivity contribution in [2.24, 2.45) is 0 Å². The van der Waals surface area contributed by atoms with Crippen molar-refractivity contribution in [2.75, 3.05) is 5.73 Å². The van der Waals surface area contributed by atoms with E-state index < -0.39 is 5.82 Å². The van der Waals surface area contributed by atoms with E-state index in [0.717, 1.165) is 0 Å². The Labute approximate surface area is 115 Å². The normalized spacial score (nSPS) is 10.9. The minimum atomic E-state index is -0.409. The maximum Gasteiger partial charge on any atom is 0.195 e. The van der Waals surface area contributed by atoms with Crippen LogP contribution in [0.5, 0.6) is 0 Å². The van der Waals surface area contributed by atoms with E-state index in [0.29, 0.717) is 33.3 Å². The molecule has 100 valence electrons. The van der Waals surface area contributed by atoms with Crippen LogP contribution in [0, 0.1) is 12.7 Å². The van der Waals surface area contributed by atoms with Crippen LogP contribution in [-0.2, 0) is 0 Å². The zero-order chi connectivity index (χ0) is 14.3. The minimum Gasteiger partial charge on any atom is -0.398 e. The van der Waals surface area contributed by atoms with E-state index >= 15 is 0 Å². The van der Waals surface area contributed by atoms with E-state index in [1.165, 1.54) is 6.07 Å². The Morgan fingerprint density at radius 2 is 1.90 bits per heavy atom. The standard InChI is InChI=1S/C16H13FN2O/c1-9-10(4-2-6-13(9)18)16(20)11-8-19-14-7-3-5-12(17)15(11)14/h2-8,19H,18H2,1H3. The van der Waals surface area contributed by atoms with Gasteiger partial charge < -0.3 is 10.7 Å². The molecule has 2 aromatic carbocycles. The van der Waals surface area contributed by atoms with Crippen LogP contribution in [0.3, 0.4) is 0 Å². The zero-order valence-corrected chi connectivity index (χ0v) is 10.9. The highest BCUT2D eigenvalue weighted by Crippen LogP contribution is 2.26. The van der Waals surface area contributed by atoms with E-state index in [1.807, 2.05) is 0 Å². The van der Waals surface area contributed by atoms with Crippen LogP contribution in [0.25, 0.3) is 10.9 Å². The molecule has 0 atom stereocenters. The van der Waals surface area contributed by atoms with Crippen LogP contribution < -0.4 is 5.73 Å². The number of rotatable bonds is 2. The molecule has 20 heavy (non-hydrogen) atoms. The van der Waals surface area contributed by atoms with Crippen LogP contribution in [0.2, 0.25) is 0 Å². The molecule has 3 aromatic rings. The third-order valence-corrected chi connectivity index (χ3v) is 3.52. The molecule has 0 saturated carbocycles. The fraction of sp³-hybridized carbons (Fsp3) is 0.0625. The predicted molar refractivity (Wildman–Crippen MR) is 77.3 cm³/mol. The van der Waals surface area contributed by atoms with E-state index in [1.54, 1.807) is 43.5 Å². The first-order chi connectivity index (χ1) is 9.59. The van der Waals surface area contributed by atoms with Crippen molar-refractivity contribution >= 4 is 22.4 Å². The highest BCUT2D eigenvalue weighted by Gasteiger charge is 2.18. The number of anilines is 1. The number of hydrogen-bond acceptors (Lipinski definition) is 2. The smallest absolute Gasteiger partial charge is 0.195 e. The fourth-order valence-corrected chi connectivity index (χ4v) is 2.36. The Hall–Kier alpha value is -2.62. The Kier molecular flexibility index (Phi) is 2.79. The largest absolute Gasteiger partial charge is 0.398 e. The van der Waals surface area contributed by atoms with Gasteiger partial charge in [0, 0.05) is 28.4 Å². The molecule has 3 N–H and O–H groups in total. The summed E-state index contributed by atoms with van der Waals surface area (Å²) >= 11 is 0. The number of carbonyl (C=O) groups is 1. The van der Waals surface area contributed by atoms with Gasteiger partial charge in [0.05, 0.1) is 5.56 Å². The molecule has 0 saturated heterocycles. The second-order valence-electron chi connectivity index (χ2n) is 4.71. The SMILES string of the molecule is Cc1c(N)cccc1C(=O)c1c[nH]c2cccc(F)c12. The third kappa shape index (κ3) is 1.77. The molecule has 3 rings (SSSR count). The van der Waals surface area contributed by atoms with Gasteiger partial charge in [0.2, 0.25) is 0 Å². The average molecular weight is 268 g/mol. The predicted octanol–water partition coefficient (Wildman–Crippen LogP) is 3.43. The molecule has 0 aliphatic rings. The van der Waals surface area contributed by atoms with Crippen LogP contribution in [0.15, 0.2) is 42.6 Å². The van der Waals surface area contributed by atoms with Crippen molar-refractivity contribution in [3.63, 3.8) is 0 Å². The molecule has 0 spiro atoms. The molecular formula is C16H13FN2O. The van der Waals surface area contributed by atoms with Crippen LogP contribution >= 0.6 is 0 Å². The zero-order valence-electron chi connectivity index (χ0n) is 10.9. The Bertz CT molecular complexity index is 820. The lowest BCUT2D eigenvalue weighted by Gasteiger charge is -2.07. The van der Waals surface area contributed by atoms with Gasteiger partial charge >= 0.3 is 0 Å². The van der Waals surface area contributed by atoms with Gasteiger partial charge in [-0.15, -0.1) is 0 Å². The number of H-pyrrole nitrogens is 1. The van der Waals surface area contributed by atoms with Gasteiger partial charge in [-0.1, -0.05) is 18.2 Å². The highest BCUT2D eigenvalue weighted by molar-refractivity contribution is 6.17. The Balaban J connectivity index is 2.21. The third-order valence-electron chi connectivity index (χ3n) is 3.52. The molecule has 1 heterocycles. The first-order valence-electron chi connectivity index (χ1n) is 6.25. The van der Waals surface area contributed by atoms with Crippen molar-refractivity contribution in [3.05, 3.63) is 65.1 Å². The second kappa shape index (κ2) is 4.49. The van der Waals surface area contributed by atoms with E-state index in [-0.39, 0.29) is 5.78 Å². The molecule has 0 radical (unpaired) electrons. The number of nitrogen functional groups attached to an aromatic ring is 1. The maximum atomic E-state index is 13.9. The number of ketones is 1. The lowest BCUT2D eigenvalue weighted by Crippen LogP contribution is -2.05. The van der Waals surface area contributed by atoms with Gasteiger partial charge in [0.1, 0.15) is 5.82 Å². The minimum absolute atomic E-state index is 0.230. The molecule has 0 aliphatic carbocycles. The van der Waals surface area contributed by atoms with Gasteiger partial charge in [-0.3, -0.25) is 4.79 Å². The van der Waals surface area contributed by atoms with Crippen LogP contribution in [0.4, 0.5) is 10.1 Å². The van der Waals surface area contributed by atoms with Crippen molar-refractivity contribution in [1.29, 1.82) is 0 Å². The number of nitrogens with two attached hydrogens (primary N) is 1. The molecule has 0 unspecified atom stereocenters. The Morgan fingerprint density at radius 1 is 1.15 bits per heavy atom. The van der Waals surface area contributed by atoms with Gasteiger partial charge in [-0.2, -0.15) is 0 Å². The van der Waals surface area contributed by atoms with Crippen LogP contribution in [-0.4, -0.2) is 10.8 Å². The molecule has 0 aliphatic heterocycles. The summed E-state index contributed by atoms with van der Waals surface area (Å²) < 4.78 is 13.9. The summed E-state index contributed by atoms with van der Waals surface area (Å²) in [4.78, 5) is 15.5. The summed E-state index contributed by atoms with van der Waals surface area (Å²) in [5, 5.41) is 0.319. The van der Waals surface area contributed by atoms with E-state index in [2.05, 4.69) is 4.98 Å². The van der Waals surface area contributed by atoms with Crippen LogP contribution in [0.1, 0.15) is 21.5 Å². The number of hydrogen-bond donors (Lipinski definition) is 2. The van der Waals surface area contributed by atoms with Gasteiger partial charge in [0.25, 0.3) is 0 Å². The topological polar surface area (TPSA) is 58.9 Å². The first-order valence-corrected chi connectivity index (χ1v) is 6.25. The molecule has 0 bridgehead atoms. The maximum absolute atomic E-state index is 13.9. The van der Waals surface area contributed by atoms with Crippen molar-refractivity contribution in [1.82, 2.24) is 4.98 Å². The number of aromatic amines is 1. The van der Waals surface area contributed by atoms with Crippen molar-refractivity contribution in [2.45, 2.75) is 6.92 Å². The second-order valence-corrected chi connectivity index (χ2v) is 4.71. The number of carbonyl (C=O) groups excluding carboxylic acids is 1. The number of halogens is 1. The molecule has 1 aromatic heterocycles. The summed E-state index contributed by atoms with van der Waals surface area (Å²) in [6.07, 6.45) is 1.54. The summed E-state index contributed by atoms with van der Waals surface area (Å²) in [5.74, 6) is -0.639. The molecule has 0 amide bonds. The summed E-state index contributed by atoms with van der Waals surface area (Å²) in [6.45, 7) is 1.79. The molecule has 0 fully saturated rings. The number of benzene rings is 2. The summed E-state index contributed by atoms with van der Waals surface area (Å²) in [7, 11) is 0. The average Bonchev–Trinajstić information content (AvgIpc) is 2.86. The summed E-state index contributed by atoms with van der Waals surface area (Å²) in [5.41, 5.74) is 8.51. The molecule has 3 nitrogen and oxygen atoms in total. The lowest BCUT2D eigenvalue weighted by molar-refractivity contribution is 0.103. The van der Waals surface area contributed by atoms with Gasteiger partial charge in [-0.05, 0) is 30.7 Å². The number of aromatic nitrogens is 1. The van der Waals surface area contributed by atoms with Crippen molar-refractivity contribution in [3.8, 4) is 0 Å². The van der Waals surface area contributed by atoms with E-state index in [4.69, 9.17) is 5.73 Å². The van der Waals surface area contributed by atoms with Gasteiger partial charge in [-0.25, -0.2) is 4.39 Å². The lowest BCUT2D eigenvalue weighted by atomic mass is 9.97. The quantitative estimate of drug-likeness (QED) is 0.552. The monoisotopic (exact) mass is 268 g/mol. The molecule has 4 heteroatoms. The Morgan fingerprint density at radius 3 is 2.70 bits per heavy atom. The first kappa shape index (κ1) is 12.4. The number of fused-ring (bicyclic) bond motifs is 1.